The maximum Gasteiger partial charge on any atom is 0.151 e. The Balaban J connectivity index is 0.00000210. The molecule has 4 rings (SSSR count). The highest BCUT2D eigenvalue weighted by atomic mass is 35.5. The maximum absolute atomic E-state index is 11.5. The van der Waals surface area contributed by atoms with Gasteiger partial charge in [0.05, 0.1) is 41.6 Å². The molecule has 1 aliphatic heterocycles. The second-order valence-electron chi connectivity index (χ2n) is 6.54. The highest BCUT2D eigenvalue weighted by Gasteiger charge is 2.27. The van der Waals surface area contributed by atoms with Crippen LogP contribution in [0.2, 0.25) is 0 Å². The number of nitrogens with one attached hydrogen (secondary N) is 1. The van der Waals surface area contributed by atoms with Gasteiger partial charge in [0.1, 0.15) is 0 Å². The molecule has 9 heteroatoms. The molecular formula is C18H22ClN5O2S. The average molecular weight is 408 g/mol. The molecule has 0 aliphatic carbocycles. The molecule has 1 fully saturated rings. The van der Waals surface area contributed by atoms with Gasteiger partial charge in [-0.05, 0) is 18.6 Å². The van der Waals surface area contributed by atoms with Gasteiger partial charge in [0.25, 0.3) is 0 Å². The smallest absolute Gasteiger partial charge is 0.151 e. The van der Waals surface area contributed by atoms with Gasteiger partial charge in [0.15, 0.2) is 9.84 Å². The van der Waals surface area contributed by atoms with Crippen molar-refractivity contribution in [2.45, 2.75) is 19.0 Å². The van der Waals surface area contributed by atoms with E-state index in [-0.39, 0.29) is 24.2 Å². The van der Waals surface area contributed by atoms with E-state index in [1.807, 2.05) is 53.6 Å². The van der Waals surface area contributed by atoms with Gasteiger partial charge in [0, 0.05) is 30.9 Å². The molecule has 0 radical (unpaired) electrons. The van der Waals surface area contributed by atoms with Crippen LogP contribution in [0.25, 0.3) is 16.9 Å². The van der Waals surface area contributed by atoms with Crippen LogP contribution in [0.5, 0.6) is 0 Å². The molecule has 27 heavy (non-hydrogen) atoms. The lowest BCUT2D eigenvalue weighted by Crippen LogP contribution is -2.32. The molecular weight excluding hydrogens is 386 g/mol. The molecule has 3 aromatic rings. The average Bonchev–Trinajstić information content (AvgIpc) is 3.35. The first kappa shape index (κ1) is 19.6. The first-order valence-corrected chi connectivity index (χ1v) is 10.5. The molecule has 1 aliphatic rings. The topological polar surface area (TPSA) is 81.8 Å². The van der Waals surface area contributed by atoms with Crippen LogP contribution < -0.4 is 5.32 Å². The fraction of sp³-hybridized carbons (Fsp3) is 0.333. The predicted octanol–water partition coefficient (Wildman–Crippen LogP) is 1.93. The van der Waals surface area contributed by atoms with E-state index in [0.29, 0.717) is 18.7 Å². The molecule has 1 aromatic carbocycles. The van der Waals surface area contributed by atoms with Crippen LogP contribution in [0.3, 0.4) is 0 Å². The third-order valence-corrected chi connectivity index (χ3v) is 6.40. The summed E-state index contributed by atoms with van der Waals surface area (Å²) >= 11 is 0. The van der Waals surface area contributed by atoms with E-state index in [9.17, 15) is 8.42 Å². The van der Waals surface area contributed by atoms with Crippen molar-refractivity contribution in [2.75, 3.05) is 18.1 Å². The van der Waals surface area contributed by atoms with Crippen molar-refractivity contribution in [2.24, 2.45) is 0 Å². The number of benzene rings is 1. The first-order chi connectivity index (χ1) is 12.6. The monoisotopic (exact) mass is 407 g/mol. The number of rotatable bonds is 6. The van der Waals surface area contributed by atoms with Crippen molar-refractivity contribution < 1.29 is 8.42 Å². The number of halogens is 1. The van der Waals surface area contributed by atoms with Crippen molar-refractivity contribution in [3.8, 4) is 16.9 Å². The van der Waals surface area contributed by atoms with E-state index in [1.165, 1.54) is 0 Å². The number of imidazole rings is 1. The molecule has 1 N–H and O–H groups in total. The Labute approximate surface area is 164 Å². The predicted molar refractivity (Wildman–Crippen MR) is 107 cm³/mol. The van der Waals surface area contributed by atoms with Crippen LogP contribution in [0, 0.1) is 0 Å². The number of hydrogen-bond acceptors (Lipinski definition) is 5. The summed E-state index contributed by atoms with van der Waals surface area (Å²) in [6.07, 6.45) is 8.13. The Morgan fingerprint density at radius 1 is 1.19 bits per heavy atom. The molecule has 144 valence electrons. The number of aromatic nitrogens is 4. The SMILES string of the molecule is Cl.O=S1(=O)CCC(NCCn2cncc2-c2cnn(-c3ccccc3)c2)C1. The fourth-order valence-electron chi connectivity index (χ4n) is 3.26. The fourth-order valence-corrected chi connectivity index (χ4v) is 4.97. The van der Waals surface area contributed by atoms with Crippen LogP contribution in [0.4, 0.5) is 0 Å². The third-order valence-electron chi connectivity index (χ3n) is 4.63. The number of sulfone groups is 1. The number of nitrogens with zero attached hydrogens (tertiary/aromatic N) is 4. The highest BCUT2D eigenvalue weighted by molar-refractivity contribution is 7.91. The van der Waals surface area contributed by atoms with Crippen LogP contribution in [0.1, 0.15) is 6.42 Å². The zero-order chi connectivity index (χ0) is 18.0. The molecule has 1 saturated heterocycles. The van der Waals surface area contributed by atoms with E-state index < -0.39 is 9.84 Å². The summed E-state index contributed by atoms with van der Waals surface area (Å²) in [5.74, 6) is 0.535. The van der Waals surface area contributed by atoms with Gasteiger partial charge in [-0.15, -0.1) is 12.4 Å². The zero-order valence-electron chi connectivity index (χ0n) is 14.7. The Morgan fingerprint density at radius 3 is 2.74 bits per heavy atom. The van der Waals surface area contributed by atoms with Crippen molar-refractivity contribution in [3.05, 3.63) is 55.2 Å². The summed E-state index contributed by atoms with van der Waals surface area (Å²) in [7, 11) is -2.85. The van der Waals surface area contributed by atoms with Crippen molar-refractivity contribution in [1.29, 1.82) is 0 Å². The van der Waals surface area contributed by atoms with Crippen LogP contribution in [-0.4, -0.2) is 51.8 Å². The van der Waals surface area contributed by atoms with Crippen LogP contribution >= 0.6 is 12.4 Å². The summed E-state index contributed by atoms with van der Waals surface area (Å²) < 4.78 is 27.0. The summed E-state index contributed by atoms with van der Waals surface area (Å²) in [5, 5.41) is 7.77. The summed E-state index contributed by atoms with van der Waals surface area (Å²) in [6, 6.07) is 10.0. The maximum atomic E-state index is 11.5. The van der Waals surface area contributed by atoms with Gasteiger partial charge in [0.2, 0.25) is 0 Å². The van der Waals surface area contributed by atoms with E-state index in [1.54, 1.807) is 6.33 Å². The zero-order valence-corrected chi connectivity index (χ0v) is 16.4. The van der Waals surface area contributed by atoms with Crippen LogP contribution in [0.15, 0.2) is 55.2 Å². The molecule has 0 bridgehead atoms. The molecule has 7 nitrogen and oxygen atoms in total. The lowest BCUT2D eigenvalue weighted by atomic mass is 10.2. The Kier molecular flexibility index (Phi) is 5.98. The Morgan fingerprint density at radius 2 is 2.00 bits per heavy atom. The minimum absolute atomic E-state index is 0. The third kappa shape index (κ3) is 4.58. The Hall–Kier alpha value is -2.16. The van der Waals surface area contributed by atoms with Crippen LogP contribution in [-0.2, 0) is 16.4 Å². The molecule has 1 unspecified atom stereocenters. The number of hydrogen-bond donors (Lipinski definition) is 1. The van der Waals surface area contributed by atoms with E-state index in [4.69, 9.17) is 0 Å². The minimum atomic E-state index is -2.85. The Bertz CT molecular complexity index is 984. The minimum Gasteiger partial charge on any atom is -0.329 e. The summed E-state index contributed by atoms with van der Waals surface area (Å²) in [6.45, 7) is 1.43. The van der Waals surface area contributed by atoms with Crippen molar-refractivity contribution in [3.63, 3.8) is 0 Å². The van der Waals surface area contributed by atoms with Crippen molar-refractivity contribution in [1.82, 2.24) is 24.6 Å². The van der Waals surface area contributed by atoms with E-state index in [0.717, 1.165) is 23.5 Å². The molecule has 3 heterocycles. The second-order valence-corrected chi connectivity index (χ2v) is 8.76. The standard InChI is InChI=1S/C18H21N5O2S.ClH/c24-26(25)9-6-16(13-26)20-7-8-22-14-19-11-18(22)15-10-21-23(12-15)17-4-2-1-3-5-17;/h1-5,10-12,14,16,20H,6-9,13H2;1H. The first-order valence-electron chi connectivity index (χ1n) is 8.65. The van der Waals surface area contributed by atoms with Gasteiger partial charge in [-0.1, -0.05) is 18.2 Å². The summed E-state index contributed by atoms with van der Waals surface area (Å²) in [5.41, 5.74) is 3.00. The van der Waals surface area contributed by atoms with E-state index >= 15 is 0 Å². The van der Waals surface area contributed by atoms with Gasteiger partial charge in [-0.3, -0.25) is 0 Å². The van der Waals surface area contributed by atoms with Gasteiger partial charge in [-0.25, -0.2) is 18.1 Å². The molecule has 2 aromatic heterocycles. The summed E-state index contributed by atoms with van der Waals surface area (Å²) in [4.78, 5) is 4.26. The lowest BCUT2D eigenvalue weighted by Gasteiger charge is -2.12. The quantitative estimate of drug-likeness (QED) is 0.675. The van der Waals surface area contributed by atoms with Gasteiger partial charge < -0.3 is 9.88 Å². The molecule has 0 amide bonds. The highest BCUT2D eigenvalue weighted by Crippen LogP contribution is 2.20. The van der Waals surface area contributed by atoms with E-state index in [2.05, 4.69) is 20.0 Å². The second kappa shape index (κ2) is 8.24. The van der Waals surface area contributed by atoms with Crippen molar-refractivity contribution >= 4 is 22.2 Å². The largest absolute Gasteiger partial charge is 0.329 e. The van der Waals surface area contributed by atoms with Gasteiger partial charge in [-0.2, -0.15) is 5.10 Å². The molecule has 0 saturated carbocycles. The normalized spacial score (nSPS) is 18.3. The number of para-hydroxylation sites is 1. The lowest BCUT2D eigenvalue weighted by molar-refractivity contribution is 0.521. The molecule has 0 spiro atoms. The molecule has 1 atom stereocenters. The van der Waals surface area contributed by atoms with Gasteiger partial charge >= 0.3 is 0 Å².